The van der Waals surface area contributed by atoms with Crippen LogP contribution in [0.1, 0.15) is 22.8 Å². The minimum absolute atomic E-state index is 0.184. The molecule has 1 atom stereocenters. The first-order valence-electron chi connectivity index (χ1n) is 5.64. The van der Waals surface area contributed by atoms with Crippen LogP contribution >= 0.6 is 0 Å². The Balaban J connectivity index is 2.96. The predicted molar refractivity (Wildman–Crippen MR) is 68.4 cm³/mol. The van der Waals surface area contributed by atoms with Crippen LogP contribution in [0.5, 0.6) is 0 Å². The minimum Gasteiger partial charge on any atom is -0.479 e. The molecular formula is C12H14N2O6. The van der Waals surface area contributed by atoms with E-state index in [1.165, 1.54) is 18.2 Å². The number of benzene rings is 1. The van der Waals surface area contributed by atoms with Crippen molar-refractivity contribution in [3.8, 4) is 0 Å². The molecule has 0 aliphatic rings. The Labute approximate surface area is 114 Å². The monoisotopic (exact) mass is 282 g/mol. The summed E-state index contributed by atoms with van der Waals surface area (Å²) in [5.41, 5.74) is -2.07. The van der Waals surface area contributed by atoms with E-state index in [2.05, 4.69) is 5.32 Å². The fourth-order valence-corrected chi connectivity index (χ4v) is 1.41. The fourth-order valence-electron chi connectivity index (χ4n) is 1.41. The Morgan fingerprint density at radius 3 is 2.55 bits per heavy atom. The van der Waals surface area contributed by atoms with Gasteiger partial charge in [-0.15, -0.1) is 0 Å². The van der Waals surface area contributed by atoms with Crippen LogP contribution < -0.4 is 5.32 Å². The van der Waals surface area contributed by atoms with Gasteiger partial charge in [0, 0.05) is 6.07 Å². The van der Waals surface area contributed by atoms with E-state index in [1.807, 2.05) is 0 Å². The van der Waals surface area contributed by atoms with Crippen molar-refractivity contribution in [3.63, 3.8) is 0 Å². The first-order chi connectivity index (χ1) is 9.15. The molecule has 0 bridgehead atoms. The molecule has 1 aromatic rings. The van der Waals surface area contributed by atoms with E-state index in [0.29, 0.717) is 5.56 Å². The summed E-state index contributed by atoms with van der Waals surface area (Å²) >= 11 is 0. The van der Waals surface area contributed by atoms with Crippen molar-refractivity contribution >= 4 is 17.6 Å². The zero-order chi connectivity index (χ0) is 15.5. The Morgan fingerprint density at radius 2 is 2.05 bits per heavy atom. The number of nitrogens with one attached hydrogen (secondary N) is 1. The molecule has 0 aliphatic carbocycles. The van der Waals surface area contributed by atoms with Gasteiger partial charge in [0.1, 0.15) is 5.56 Å². The van der Waals surface area contributed by atoms with Crippen LogP contribution in [0, 0.1) is 17.0 Å². The van der Waals surface area contributed by atoms with E-state index in [1.54, 1.807) is 6.92 Å². The van der Waals surface area contributed by atoms with E-state index in [0.717, 1.165) is 6.92 Å². The van der Waals surface area contributed by atoms with Gasteiger partial charge in [0.25, 0.3) is 11.6 Å². The molecule has 0 spiro atoms. The van der Waals surface area contributed by atoms with Crippen molar-refractivity contribution in [1.82, 2.24) is 5.32 Å². The molecular weight excluding hydrogens is 268 g/mol. The van der Waals surface area contributed by atoms with Gasteiger partial charge in [-0.1, -0.05) is 6.07 Å². The summed E-state index contributed by atoms with van der Waals surface area (Å²) in [5.74, 6) is -2.32. The first kappa shape index (κ1) is 15.6. The number of aliphatic carboxylic acids is 1. The highest BCUT2D eigenvalue weighted by atomic mass is 16.6. The number of aryl methyl sites for hydroxylation is 1. The molecule has 0 radical (unpaired) electrons. The zero-order valence-corrected chi connectivity index (χ0v) is 10.9. The van der Waals surface area contributed by atoms with Gasteiger partial charge in [0.05, 0.1) is 11.5 Å². The number of amides is 1. The molecule has 0 heterocycles. The lowest BCUT2D eigenvalue weighted by Crippen LogP contribution is -2.46. The molecule has 1 unspecified atom stereocenters. The highest BCUT2D eigenvalue weighted by Crippen LogP contribution is 2.19. The zero-order valence-electron chi connectivity index (χ0n) is 10.9. The maximum atomic E-state index is 11.9. The van der Waals surface area contributed by atoms with E-state index < -0.39 is 28.9 Å². The molecule has 1 amide bonds. The number of carboxylic acids is 1. The summed E-state index contributed by atoms with van der Waals surface area (Å²) < 4.78 is 0. The van der Waals surface area contributed by atoms with Gasteiger partial charge in [0.15, 0.2) is 5.60 Å². The van der Waals surface area contributed by atoms with Crippen molar-refractivity contribution in [3.05, 3.63) is 39.4 Å². The summed E-state index contributed by atoms with van der Waals surface area (Å²) in [7, 11) is 0. The number of nitro benzene ring substituents is 1. The molecule has 3 N–H and O–H groups in total. The lowest BCUT2D eigenvalue weighted by Gasteiger charge is -2.18. The average Bonchev–Trinajstić information content (AvgIpc) is 2.35. The number of rotatable bonds is 5. The molecule has 8 nitrogen and oxygen atoms in total. The van der Waals surface area contributed by atoms with Crippen molar-refractivity contribution in [2.24, 2.45) is 0 Å². The number of carbonyl (C=O) groups excluding carboxylic acids is 1. The van der Waals surface area contributed by atoms with Crippen LogP contribution in [0.3, 0.4) is 0 Å². The van der Waals surface area contributed by atoms with E-state index >= 15 is 0 Å². The third kappa shape index (κ3) is 3.51. The smallest absolute Gasteiger partial charge is 0.337 e. The number of carboxylic acid groups (broad SMARTS) is 1. The van der Waals surface area contributed by atoms with Gasteiger partial charge in [0.2, 0.25) is 0 Å². The Kier molecular flexibility index (Phi) is 4.41. The SMILES string of the molecule is Cc1ccc([N+](=O)[O-])c(C(=O)NCC(C)(O)C(=O)O)c1. The molecule has 0 saturated carbocycles. The summed E-state index contributed by atoms with van der Waals surface area (Å²) in [4.78, 5) is 32.7. The molecule has 108 valence electrons. The van der Waals surface area contributed by atoms with E-state index in [9.17, 15) is 24.8 Å². The van der Waals surface area contributed by atoms with Crippen molar-refractivity contribution in [2.45, 2.75) is 19.4 Å². The number of aliphatic hydroxyl groups is 1. The molecule has 0 aromatic heterocycles. The molecule has 20 heavy (non-hydrogen) atoms. The normalized spacial score (nSPS) is 13.3. The number of nitro groups is 1. The molecule has 0 saturated heterocycles. The van der Waals surface area contributed by atoms with Gasteiger partial charge in [-0.05, 0) is 25.5 Å². The van der Waals surface area contributed by atoms with E-state index in [4.69, 9.17) is 5.11 Å². The lowest BCUT2D eigenvalue weighted by molar-refractivity contribution is -0.385. The standard InChI is InChI=1S/C12H14N2O6/c1-7-3-4-9(14(19)20)8(5-7)10(15)13-6-12(2,18)11(16)17/h3-5,18H,6H2,1-2H3,(H,13,15)(H,16,17). The number of hydrogen-bond donors (Lipinski definition) is 3. The molecule has 0 aliphatic heterocycles. The second-order valence-electron chi connectivity index (χ2n) is 4.54. The first-order valence-corrected chi connectivity index (χ1v) is 5.64. The number of hydrogen-bond acceptors (Lipinski definition) is 5. The highest BCUT2D eigenvalue weighted by molar-refractivity contribution is 5.98. The summed E-state index contributed by atoms with van der Waals surface area (Å²) in [6.07, 6.45) is 0. The maximum Gasteiger partial charge on any atom is 0.337 e. The van der Waals surface area contributed by atoms with Crippen LogP contribution in [-0.4, -0.2) is 39.2 Å². The lowest BCUT2D eigenvalue weighted by atomic mass is 10.1. The topological polar surface area (TPSA) is 130 Å². The number of nitrogens with zero attached hydrogens (tertiary/aromatic N) is 1. The van der Waals surface area contributed by atoms with Crippen molar-refractivity contribution < 1.29 is 24.7 Å². The van der Waals surface area contributed by atoms with Gasteiger partial charge in [-0.25, -0.2) is 4.79 Å². The molecule has 1 rings (SSSR count). The quantitative estimate of drug-likeness (QED) is 0.531. The highest BCUT2D eigenvalue weighted by Gasteiger charge is 2.31. The van der Waals surface area contributed by atoms with Crippen LogP contribution in [0.4, 0.5) is 5.69 Å². The van der Waals surface area contributed by atoms with Gasteiger partial charge >= 0.3 is 5.97 Å². The number of carbonyl (C=O) groups is 2. The van der Waals surface area contributed by atoms with Crippen LogP contribution in [-0.2, 0) is 4.79 Å². The fraction of sp³-hybridized carbons (Fsp3) is 0.333. The van der Waals surface area contributed by atoms with Crippen LogP contribution in [0.2, 0.25) is 0 Å². The molecule has 8 heteroatoms. The Morgan fingerprint density at radius 1 is 1.45 bits per heavy atom. The Hall–Kier alpha value is -2.48. The third-order valence-corrected chi connectivity index (χ3v) is 2.65. The van der Waals surface area contributed by atoms with Gasteiger partial charge in [-0.3, -0.25) is 14.9 Å². The largest absolute Gasteiger partial charge is 0.479 e. The Bertz CT molecular complexity index is 567. The average molecular weight is 282 g/mol. The maximum absolute atomic E-state index is 11.9. The predicted octanol–water partition coefficient (Wildman–Crippen LogP) is 0.469. The summed E-state index contributed by atoms with van der Waals surface area (Å²) in [5, 5.41) is 31.2. The third-order valence-electron chi connectivity index (χ3n) is 2.65. The van der Waals surface area contributed by atoms with Crippen LogP contribution in [0.25, 0.3) is 0 Å². The molecule has 0 fully saturated rings. The molecule has 1 aromatic carbocycles. The summed E-state index contributed by atoms with van der Waals surface area (Å²) in [6.45, 7) is 2.11. The summed E-state index contributed by atoms with van der Waals surface area (Å²) in [6, 6.07) is 4.00. The van der Waals surface area contributed by atoms with Gasteiger partial charge < -0.3 is 15.5 Å². The second-order valence-corrected chi connectivity index (χ2v) is 4.54. The van der Waals surface area contributed by atoms with Gasteiger partial charge in [-0.2, -0.15) is 0 Å². The minimum atomic E-state index is -2.14. The van der Waals surface area contributed by atoms with Crippen molar-refractivity contribution in [1.29, 1.82) is 0 Å². The second kappa shape index (κ2) is 5.66. The van der Waals surface area contributed by atoms with Crippen molar-refractivity contribution in [2.75, 3.05) is 6.54 Å². The van der Waals surface area contributed by atoms with Crippen LogP contribution in [0.15, 0.2) is 18.2 Å². The van der Waals surface area contributed by atoms with E-state index in [-0.39, 0.29) is 11.3 Å².